The quantitative estimate of drug-likeness (QED) is 0.380. The van der Waals surface area contributed by atoms with Crippen molar-refractivity contribution in [2.24, 2.45) is 0 Å². The number of ether oxygens (including phenoxy) is 3. The molecule has 0 N–H and O–H groups in total. The van der Waals surface area contributed by atoms with Gasteiger partial charge in [-0.15, -0.1) is 0 Å². The zero-order valence-corrected chi connectivity index (χ0v) is 16.4. The molecule has 0 saturated heterocycles. The summed E-state index contributed by atoms with van der Waals surface area (Å²) in [5.41, 5.74) is 1.56. The Hall–Kier alpha value is -2.98. The molecule has 0 saturated carbocycles. The second kappa shape index (κ2) is 8.58. The highest BCUT2D eigenvalue weighted by molar-refractivity contribution is 7.91. The largest absolute Gasteiger partial charge is 0.467 e. The van der Waals surface area contributed by atoms with Gasteiger partial charge in [0.2, 0.25) is 0 Å². The van der Waals surface area contributed by atoms with E-state index in [1.165, 1.54) is 24.3 Å². The van der Waals surface area contributed by atoms with Crippen molar-refractivity contribution in [1.82, 2.24) is 0 Å². The monoisotopic (exact) mass is 421 g/mol. The zero-order chi connectivity index (χ0) is 21.0. The van der Waals surface area contributed by atoms with Crippen molar-refractivity contribution in [2.45, 2.75) is 31.5 Å². The zero-order valence-electron chi connectivity index (χ0n) is 15.6. The highest BCUT2D eigenvalue weighted by Gasteiger charge is 2.22. The topological polar surface area (TPSA) is 122 Å². The minimum Gasteiger partial charge on any atom is -0.467 e. The van der Waals surface area contributed by atoms with Gasteiger partial charge < -0.3 is 14.2 Å². The van der Waals surface area contributed by atoms with Crippen molar-refractivity contribution in [2.75, 3.05) is 12.5 Å². The summed E-state index contributed by atoms with van der Waals surface area (Å²) in [7, 11) is -3.62. The molecule has 0 aromatic heterocycles. The summed E-state index contributed by atoms with van der Waals surface area (Å²) >= 11 is 0. The number of sulfone groups is 1. The number of benzene rings is 2. The molecule has 0 fully saturated rings. The average molecular weight is 421 g/mol. The number of hydrogen-bond donors (Lipinski definition) is 0. The Labute approximate surface area is 167 Å². The third-order valence-corrected chi connectivity index (χ3v) is 6.06. The van der Waals surface area contributed by atoms with E-state index in [0.717, 1.165) is 5.56 Å². The Bertz CT molecular complexity index is 1030. The number of hydrogen-bond acceptors (Lipinski definition) is 8. The number of esters is 1. The van der Waals surface area contributed by atoms with Crippen LogP contribution < -0.4 is 4.74 Å². The van der Waals surface area contributed by atoms with Gasteiger partial charge in [-0.3, -0.25) is 14.9 Å². The molecule has 0 atom stereocenters. The van der Waals surface area contributed by atoms with Crippen molar-refractivity contribution >= 4 is 21.5 Å². The number of carbonyl (C=O) groups is 1. The molecular weight excluding hydrogens is 402 g/mol. The first kappa shape index (κ1) is 20.7. The first-order valence-electron chi connectivity index (χ1n) is 8.72. The van der Waals surface area contributed by atoms with E-state index in [1.54, 1.807) is 12.1 Å². The SMILES string of the molecule is Cc1ccc(S(=O)(=O)CCC(=O)OCc2cc([N+](=O)[O-])cc3c2OCOC3)cc1. The molecule has 2 aromatic carbocycles. The van der Waals surface area contributed by atoms with Crippen LogP contribution >= 0.6 is 0 Å². The van der Waals surface area contributed by atoms with Gasteiger partial charge >= 0.3 is 5.97 Å². The Morgan fingerprint density at radius 3 is 2.66 bits per heavy atom. The van der Waals surface area contributed by atoms with Crippen LogP contribution in [0.2, 0.25) is 0 Å². The minimum atomic E-state index is -3.62. The summed E-state index contributed by atoms with van der Waals surface area (Å²) in [6.07, 6.45) is -0.336. The van der Waals surface area contributed by atoms with Gasteiger partial charge in [0, 0.05) is 23.3 Å². The Kier molecular flexibility index (Phi) is 6.14. The molecule has 9 nitrogen and oxygen atoms in total. The van der Waals surface area contributed by atoms with E-state index in [0.29, 0.717) is 16.9 Å². The van der Waals surface area contributed by atoms with Crippen LogP contribution in [0.4, 0.5) is 5.69 Å². The van der Waals surface area contributed by atoms with Crippen molar-refractivity contribution in [3.05, 3.63) is 63.2 Å². The molecule has 0 spiro atoms. The van der Waals surface area contributed by atoms with Gasteiger partial charge in [-0.1, -0.05) is 17.7 Å². The van der Waals surface area contributed by atoms with E-state index in [1.807, 2.05) is 6.92 Å². The van der Waals surface area contributed by atoms with Crippen LogP contribution in [-0.4, -0.2) is 31.9 Å². The molecule has 0 aliphatic carbocycles. The number of carbonyl (C=O) groups excluding carboxylic acids is 1. The van der Waals surface area contributed by atoms with E-state index in [-0.39, 0.29) is 37.0 Å². The molecule has 0 unspecified atom stereocenters. The molecule has 1 heterocycles. The Balaban J connectivity index is 1.64. The first-order valence-corrected chi connectivity index (χ1v) is 10.4. The average Bonchev–Trinajstić information content (AvgIpc) is 2.70. The van der Waals surface area contributed by atoms with Crippen LogP contribution in [0, 0.1) is 17.0 Å². The van der Waals surface area contributed by atoms with Gasteiger partial charge in [-0.25, -0.2) is 8.42 Å². The van der Waals surface area contributed by atoms with Crippen molar-refractivity contribution in [3.63, 3.8) is 0 Å². The van der Waals surface area contributed by atoms with Crippen LogP contribution in [0.1, 0.15) is 23.1 Å². The van der Waals surface area contributed by atoms with Crippen LogP contribution in [0.25, 0.3) is 0 Å². The number of nitro benzene ring substituents is 1. The molecule has 1 aliphatic heterocycles. The summed E-state index contributed by atoms with van der Waals surface area (Å²) in [6.45, 7) is 1.71. The normalized spacial score (nSPS) is 13.3. The standard InChI is InChI=1S/C19H19NO8S/c1-13-2-4-17(5-3-13)29(24,25)7-6-18(21)27-11-15-9-16(20(22)23)8-14-10-26-12-28-19(14)15/h2-5,8-9H,6-7,10-12H2,1H3. The highest BCUT2D eigenvalue weighted by atomic mass is 32.2. The smallest absolute Gasteiger partial charge is 0.307 e. The van der Waals surface area contributed by atoms with Gasteiger partial charge in [0.05, 0.1) is 28.6 Å². The predicted molar refractivity (Wildman–Crippen MR) is 101 cm³/mol. The number of fused-ring (bicyclic) bond motifs is 1. The lowest BCUT2D eigenvalue weighted by Crippen LogP contribution is -2.16. The molecular formula is C19H19NO8S. The molecule has 0 radical (unpaired) electrons. The summed E-state index contributed by atoms with van der Waals surface area (Å²) in [5, 5.41) is 11.1. The lowest BCUT2D eigenvalue weighted by atomic mass is 10.1. The summed E-state index contributed by atoms with van der Waals surface area (Å²) in [4.78, 5) is 22.7. The van der Waals surface area contributed by atoms with Crippen LogP contribution in [0.5, 0.6) is 5.75 Å². The minimum absolute atomic E-state index is 0.0133. The summed E-state index contributed by atoms with van der Waals surface area (Å²) in [5.74, 6) is -0.748. The number of aryl methyl sites for hydroxylation is 1. The molecule has 29 heavy (non-hydrogen) atoms. The maximum absolute atomic E-state index is 12.3. The second-order valence-electron chi connectivity index (χ2n) is 6.50. The molecule has 1 aliphatic rings. The molecule has 0 amide bonds. The molecule has 154 valence electrons. The maximum atomic E-state index is 12.3. The van der Waals surface area contributed by atoms with Crippen LogP contribution in [0.15, 0.2) is 41.3 Å². The Morgan fingerprint density at radius 1 is 1.24 bits per heavy atom. The fourth-order valence-corrected chi connectivity index (χ4v) is 4.03. The lowest BCUT2D eigenvalue weighted by molar-refractivity contribution is -0.385. The number of rotatable bonds is 7. The lowest BCUT2D eigenvalue weighted by Gasteiger charge is -2.20. The van der Waals surface area contributed by atoms with Crippen molar-refractivity contribution < 1.29 is 32.3 Å². The molecule has 2 aromatic rings. The van der Waals surface area contributed by atoms with E-state index < -0.39 is 26.5 Å². The number of non-ortho nitro benzene ring substituents is 1. The Morgan fingerprint density at radius 2 is 1.97 bits per heavy atom. The fraction of sp³-hybridized carbons (Fsp3) is 0.316. The van der Waals surface area contributed by atoms with Crippen molar-refractivity contribution in [1.29, 1.82) is 0 Å². The second-order valence-corrected chi connectivity index (χ2v) is 8.61. The van der Waals surface area contributed by atoms with Crippen LogP contribution in [0.3, 0.4) is 0 Å². The van der Waals surface area contributed by atoms with Crippen LogP contribution in [-0.2, 0) is 37.3 Å². The maximum Gasteiger partial charge on any atom is 0.307 e. The van der Waals surface area contributed by atoms with Gasteiger partial charge in [0.15, 0.2) is 16.6 Å². The van der Waals surface area contributed by atoms with E-state index >= 15 is 0 Å². The molecule has 10 heteroatoms. The van der Waals surface area contributed by atoms with E-state index in [9.17, 15) is 23.3 Å². The fourth-order valence-electron chi connectivity index (χ4n) is 2.81. The van der Waals surface area contributed by atoms with Crippen molar-refractivity contribution in [3.8, 4) is 5.75 Å². The highest BCUT2D eigenvalue weighted by Crippen LogP contribution is 2.33. The molecule has 3 rings (SSSR count). The van der Waals surface area contributed by atoms with Gasteiger partial charge in [-0.05, 0) is 19.1 Å². The van der Waals surface area contributed by atoms with E-state index in [2.05, 4.69) is 0 Å². The molecule has 0 bridgehead atoms. The van der Waals surface area contributed by atoms with Gasteiger partial charge in [0.25, 0.3) is 5.69 Å². The third kappa shape index (κ3) is 5.09. The number of nitrogens with zero attached hydrogens (tertiary/aromatic N) is 1. The van der Waals surface area contributed by atoms with Gasteiger partial charge in [-0.2, -0.15) is 0 Å². The predicted octanol–water partition coefficient (Wildman–Crippen LogP) is 2.68. The van der Waals surface area contributed by atoms with E-state index in [4.69, 9.17) is 14.2 Å². The first-order chi connectivity index (χ1) is 13.8. The third-order valence-electron chi connectivity index (χ3n) is 4.33. The number of nitro groups is 1. The van der Waals surface area contributed by atoms with Gasteiger partial charge in [0.1, 0.15) is 12.4 Å². The summed E-state index contributed by atoms with van der Waals surface area (Å²) < 4.78 is 40.3. The summed E-state index contributed by atoms with van der Waals surface area (Å²) in [6, 6.07) is 8.95.